The second kappa shape index (κ2) is 8.02. The molecule has 1 heterocycles. The van der Waals surface area contributed by atoms with Crippen LogP contribution in [0.3, 0.4) is 0 Å². The van der Waals surface area contributed by atoms with Crippen LogP contribution in [0.5, 0.6) is 0 Å². The molecule has 0 fully saturated rings. The van der Waals surface area contributed by atoms with Gasteiger partial charge in [0.05, 0.1) is 18.9 Å². The van der Waals surface area contributed by atoms with Crippen LogP contribution in [0.25, 0.3) is 0 Å². The number of anilines is 1. The minimum Gasteiger partial charge on any atom is -0.463 e. The van der Waals surface area contributed by atoms with E-state index in [1.165, 1.54) is 5.56 Å². The van der Waals surface area contributed by atoms with Crippen molar-refractivity contribution >= 4 is 17.4 Å². The molecule has 3 nitrogen and oxygen atoms in total. The van der Waals surface area contributed by atoms with Gasteiger partial charge in [0.1, 0.15) is 11.5 Å². The zero-order chi connectivity index (χ0) is 14.2. The SMILES string of the molecule is CCOCc1ccccc1NCc1ccc(CSC)o1. The van der Waals surface area contributed by atoms with Crippen molar-refractivity contribution in [3.8, 4) is 0 Å². The van der Waals surface area contributed by atoms with Crippen molar-refractivity contribution in [1.29, 1.82) is 0 Å². The van der Waals surface area contributed by atoms with Gasteiger partial charge in [0, 0.05) is 17.9 Å². The summed E-state index contributed by atoms with van der Waals surface area (Å²) in [5.74, 6) is 2.90. The smallest absolute Gasteiger partial charge is 0.123 e. The van der Waals surface area contributed by atoms with Crippen LogP contribution in [0.2, 0.25) is 0 Å². The quantitative estimate of drug-likeness (QED) is 0.786. The summed E-state index contributed by atoms with van der Waals surface area (Å²) in [7, 11) is 0. The fourth-order valence-corrected chi connectivity index (χ4v) is 2.39. The molecule has 0 saturated heterocycles. The highest BCUT2D eigenvalue weighted by atomic mass is 32.2. The van der Waals surface area contributed by atoms with E-state index in [2.05, 4.69) is 23.7 Å². The first-order valence-electron chi connectivity index (χ1n) is 6.79. The molecule has 0 spiro atoms. The van der Waals surface area contributed by atoms with E-state index in [9.17, 15) is 0 Å². The average Bonchev–Trinajstić information content (AvgIpc) is 2.92. The molecule has 0 aliphatic rings. The molecule has 2 rings (SSSR count). The predicted octanol–water partition coefficient (Wildman–Crippen LogP) is 4.29. The Balaban J connectivity index is 1.95. The topological polar surface area (TPSA) is 34.4 Å². The molecule has 2 aromatic rings. The van der Waals surface area contributed by atoms with Gasteiger partial charge in [-0.2, -0.15) is 11.8 Å². The molecule has 0 aliphatic carbocycles. The first-order chi connectivity index (χ1) is 9.83. The Bertz CT molecular complexity index is 525. The van der Waals surface area contributed by atoms with Gasteiger partial charge in [-0.1, -0.05) is 18.2 Å². The van der Waals surface area contributed by atoms with Crippen molar-refractivity contribution in [1.82, 2.24) is 0 Å². The van der Waals surface area contributed by atoms with Crippen LogP contribution in [0, 0.1) is 0 Å². The standard InChI is InChI=1S/C16H21NO2S/c1-3-18-11-13-6-4-5-7-16(13)17-10-14-8-9-15(19-14)12-20-2/h4-9,17H,3,10-12H2,1-2H3. The number of rotatable bonds is 8. The maximum atomic E-state index is 5.75. The van der Waals surface area contributed by atoms with Crippen molar-refractivity contribution in [2.24, 2.45) is 0 Å². The van der Waals surface area contributed by atoms with E-state index < -0.39 is 0 Å². The monoisotopic (exact) mass is 291 g/mol. The first kappa shape index (κ1) is 15.0. The molecule has 0 amide bonds. The lowest BCUT2D eigenvalue weighted by Gasteiger charge is -2.11. The first-order valence-corrected chi connectivity index (χ1v) is 8.19. The van der Waals surface area contributed by atoms with Crippen molar-refractivity contribution in [2.75, 3.05) is 18.2 Å². The van der Waals surface area contributed by atoms with Crippen molar-refractivity contribution in [3.05, 3.63) is 53.5 Å². The summed E-state index contributed by atoms with van der Waals surface area (Å²) in [6.07, 6.45) is 2.07. The van der Waals surface area contributed by atoms with Crippen LogP contribution in [-0.4, -0.2) is 12.9 Å². The highest BCUT2D eigenvalue weighted by Gasteiger charge is 2.04. The molecule has 0 atom stereocenters. The van der Waals surface area contributed by atoms with E-state index in [0.717, 1.165) is 29.6 Å². The largest absolute Gasteiger partial charge is 0.463 e. The third kappa shape index (κ3) is 4.32. The van der Waals surface area contributed by atoms with Crippen LogP contribution in [0.15, 0.2) is 40.8 Å². The minimum absolute atomic E-state index is 0.634. The fourth-order valence-electron chi connectivity index (χ4n) is 1.95. The maximum absolute atomic E-state index is 5.75. The van der Waals surface area contributed by atoms with Crippen LogP contribution >= 0.6 is 11.8 Å². The minimum atomic E-state index is 0.634. The zero-order valence-electron chi connectivity index (χ0n) is 12.0. The normalized spacial score (nSPS) is 10.7. The van der Waals surface area contributed by atoms with E-state index in [1.54, 1.807) is 11.8 Å². The Morgan fingerprint density at radius 3 is 2.75 bits per heavy atom. The van der Waals surface area contributed by atoms with Crippen molar-refractivity contribution in [3.63, 3.8) is 0 Å². The Labute approximate surface area is 124 Å². The van der Waals surface area contributed by atoms with Gasteiger partial charge in [0.25, 0.3) is 0 Å². The van der Waals surface area contributed by atoms with Gasteiger partial charge in [-0.15, -0.1) is 0 Å². The summed E-state index contributed by atoms with van der Waals surface area (Å²) in [4.78, 5) is 0. The highest BCUT2D eigenvalue weighted by molar-refractivity contribution is 7.97. The third-order valence-electron chi connectivity index (χ3n) is 2.94. The molecule has 1 N–H and O–H groups in total. The molecule has 20 heavy (non-hydrogen) atoms. The highest BCUT2D eigenvalue weighted by Crippen LogP contribution is 2.19. The maximum Gasteiger partial charge on any atom is 0.123 e. The molecule has 0 aliphatic heterocycles. The zero-order valence-corrected chi connectivity index (χ0v) is 12.8. The Morgan fingerprint density at radius 1 is 1.15 bits per heavy atom. The average molecular weight is 291 g/mol. The molecular weight excluding hydrogens is 270 g/mol. The number of para-hydroxylation sites is 1. The second-order valence-electron chi connectivity index (χ2n) is 4.45. The molecule has 0 radical (unpaired) electrons. The van der Waals surface area contributed by atoms with Crippen LogP contribution in [0.1, 0.15) is 24.0 Å². The molecule has 0 unspecified atom stereocenters. The van der Waals surface area contributed by atoms with Gasteiger partial charge in [-0.3, -0.25) is 0 Å². The molecule has 0 saturated carbocycles. The van der Waals surface area contributed by atoms with Gasteiger partial charge in [0.15, 0.2) is 0 Å². The summed E-state index contributed by atoms with van der Waals surface area (Å²) in [6, 6.07) is 12.3. The van der Waals surface area contributed by atoms with Crippen molar-refractivity contribution in [2.45, 2.75) is 25.8 Å². The van der Waals surface area contributed by atoms with E-state index >= 15 is 0 Å². The predicted molar refractivity (Wildman–Crippen MR) is 85.0 cm³/mol. The van der Waals surface area contributed by atoms with Gasteiger partial charge in [0.2, 0.25) is 0 Å². The molecular formula is C16H21NO2S. The summed E-state index contributed by atoms with van der Waals surface area (Å²) < 4.78 is 11.2. The molecule has 0 bridgehead atoms. The molecule has 1 aromatic heterocycles. The van der Waals surface area contributed by atoms with Crippen LogP contribution < -0.4 is 5.32 Å². The lowest BCUT2D eigenvalue weighted by Crippen LogP contribution is -2.03. The number of thioether (sulfide) groups is 1. The Morgan fingerprint density at radius 2 is 1.95 bits per heavy atom. The molecule has 4 heteroatoms. The lowest BCUT2D eigenvalue weighted by atomic mass is 10.2. The van der Waals surface area contributed by atoms with Crippen molar-refractivity contribution < 1.29 is 9.15 Å². The number of hydrogen-bond acceptors (Lipinski definition) is 4. The van der Waals surface area contributed by atoms with E-state index in [-0.39, 0.29) is 0 Å². The second-order valence-corrected chi connectivity index (χ2v) is 5.31. The summed E-state index contributed by atoms with van der Waals surface area (Å²) in [6.45, 7) is 4.06. The van der Waals surface area contributed by atoms with Gasteiger partial charge in [-0.25, -0.2) is 0 Å². The van der Waals surface area contributed by atoms with E-state index in [4.69, 9.17) is 9.15 Å². The Kier molecular flexibility index (Phi) is 6.02. The van der Waals surface area contributed by atoms with Gasteiger partial charge >= 0.3 is 0 Å². The van der Waals surface area contributed by atoms with E-state index in [1.807, 2.05) is 31.2 Å². The third-order valence-corrected chi connectivity index (χ3v) is 3.51. The summed E-state index contributed by atoms with van der Waals surface area (Å²) in [5, 5.41) is 3.41. The summed E-state index contributed by atoms with van der Waals surface area (Å²) in [5.41, 5.74) is 2.27. The van der Waals surface area contributed by atoms with Gasteiger partial charge < -0.3 is 14.5 Å². The fraction of sp³-hybridized carbons (Fsp3) is 0.375. The number of benzene rings is 1. The molecule has 108 valence electrons. The number of ether oxygens (including phenoxy) is 1. The van der Waals surface area contributed by atoms with E-state index in [0.29, 0.717) is 13.2 Å². The summed E-state index contributed by atoms with van der Waals surface area (Å²) >= 11 is 1.76. The molecule has 1 aromatic carbocycles. The van der Waals surface area contributed by atoms with Gasteiger partial charge in [-0.05, 0) is 31.4 Å². The number of furan rings is 1. The number of hydrogen-bond donors (Lipinski definition) is 1. The van der Waals surface area contributed by atoms with Crippen LogP contribution in [0.4, 0.5) is 5.69 Å². The lowest BCUT2D eigenvalue weighted by molar-refractivity contribution is 0.134. The number of nitrogens with one attached hydrogen (secondary N) is 1. The van der Waals surface area contributed by atoms with Crippen LogP contribution in [-0.2, 0) is 23.6 Å². The Hall–Kier alpha value is -1.39.